The first kappa shape index (κ1) is 14.9. The molecule has 1 heterocycles. The largest absolute Gasteiger partial charge is 0.383 e. The van der Waals surface area contributed by atoms with E-state index in [2.05, 4.69) is 16.6 Å². The SMILES string of the molecule is CCCCCC(C)NS(=O)(=O)c1cccnc1N. The molecule has 0 bridgehead atoms. The number of nitrogen functional groups attached to an aromatic ring is 1. The molecule has 18 heavy (non-hydrogen) atoms. The van der Waals surface area contributed by atoms with Crippen LogP contribution in [0.2, 0.25) is 0 Å². The summed E-state index contributed by atoms with van der Waals surface area (Å²) in [4.78, 5) is 3.84. The maximum absolute atomic E-state index is 12.1. The Labute approximate surface area is 109 Å². The Kier molecular flexibility index (Phi) is 5.55. The number of nitrogens with zero attached hydrogens (tertiary/aromatic N) is 1. The summed E-state index contributed by atoms with van der Waals surface area (Å²) in [7, 11) is -3.56. The molecule has 0 fully saturated rings. The molecule has 3 N–H and O–H groups in total. The van der Waals surface area contributed by atoms with Gasteiger partial charge in [-0.25, -0.2) is 18.1 Å². The van der Waals surface area contributed by atoms with Crippen LogP contribution in [0.15, 0.2) is 23.2 Å². The van der Waals surface area contributed by atoms with Gasteiger partial charge < -0.3 is 5.73 Å². The first-order chi connectivity index (χ1) is 8.47. The van der Waals surface area contributed by atoms with Gasteiger partial charge in [0.15, 0.2) is 0 Å². The third kappa shape index (κ3) is 4.27. The predicted octanol–water partition coefficient (Wildman–Crippen LogP) is 1.91. The van der Waals surface area contributed by atoms with Gasteiger partial charge in [-0.3, -0.25) is 0 Å². The van der Waals surface area contributed by atoms with E-state index in [0.29, 0.717) is 0 Å². The fraction of sp³-hybridized carbons (Fsp3) is 0.583. The molecule has 5 nitrogen and oxygen atoms in total. The summed E-state index contributed by atoms with van der Waals surface area (Å²) >= 11 is 0. The molecular weight excluding hydrogens is 250 g/mol. The molecule has 1 rings (SSSR count). The number of aromatic nitrogens is 1. The number of nitrogens with one attached hydrogen (secondary N) is 1. The Bertz CT molecular complexity index is 474. The average Bonchev–Trinajstić information content (AvgIpc) is 2.29. The van der Waals surface area contributed by atoms with E-state index in [-0.39, 0.29) is 16.8 Å². The number of hydrogen-bond acceptors (Lipinski definition) is 4. The van der Waals surface area contributed by atoms with Gasteiger partial charge in [-0.05, 0) is 25.5 Å². The smallest absolute Gasteiger partial charge is 0.244 e. The van der Waals surface area contributed by atoms with Crippen LogP contribution in [0.1, 0.15) is 39.5 Å². The number of sulfonamides is 1. The topological polar surface area (TPSA) is 85.1 Å². The molecule has 0 saturated heterocycles. The van der Waals surface area contributed by atoms with Gasteiger partial charge in [0.05, 0.1) is 0 Å². The molecular formula is C12H21N3O2S. The van der Waals surface area contributed by atoms with Crippen molar-refractivity contribution in [1.82, 2.24) is 9.71 Å². The maximum Gasteiger partial charge on any atom is 0.244 e. The second-order valence-corrected chi connectivity index (χ2v) is 6.09. The zero-order chi connectivity index (χ0) is 13.6. The molecule has 0 aliphatic carbocycles. The zero-order valence-electron chi connectivity index (χ0n) is 10.9. The molecule has 0 radical (unpaired) electrons. The summed E-state index contributed by atoms with van der Waals surface area (Å²) in [5.74, 6) is 0.0331. The number of anilines is 1. The number of unbranched alkanes of at least 4 members (excludes halogenated alkanes) is 2. The van der Waals surface area contributed by atoms with E-state index in [4.69, 9.17) is 5.73 Å². The lowest BCUT2D eigenvalue weighted by atomic mass is 10.1. The van der Waals surface area contributed by atoms with Crippen LogP contribution in [0.5, 0.6) is 0 Å². The Balaban J connectivity index is 2.68. The number of pyridine rings is 1. The molecule has 1 aromatic heterocycles. The molecule has 0 amide bonds. The molecule has 102 valence electrons. The standard InChI is InChI=1S/C12H21N3O2S/c1-3-4-5-7-10(2)15-18(16,17)11-8-6-9-14-12(11)13/h6,8-10,15H,3-5,7H2,1-2H3,(H2,13,14). The van der Waals surface area contributed by atoms with Crippen LogP contribution in [-0.2, 0) is 10.0 Å². The van der Waals surface area contributed by atoms with Crippen molar-refractivity contribution in [1.29, 1.82) is 0 Å². The quantitative estimate of drug-likeness (QED) is 0.742. The van der Waals surface area contributed by atoms with Gasteiger partial charge in [-0.2, -0.15) is 0 Å². The van der Waals surface area contributed by atoms with Crippen LogP contribution in [0, 0.1) is 0 Å². The van der Waals surface area contributed by atoms with Gasteiger partial charge in [0.25, 0.3) is 0 Å². The Morgan fingerprint density at radius 1 is 1.44 bits per heavy atom. The maximum atomic E-state index is 12.1. The monoisotopic (exact) mass is 271 g/mol. The van der Waals surface area contributed by atoms with Crippen molar-refractivity contribution in [3.63, 3.8) is 0 Å². The molecule has 1 unspecified atom stereocenters. The molecule has 1 atom stereocenters. The summed E-state index contributed by atoms with van der Waals surface area (Å²) < 4.78 is 26.8. The van der Waals surface area contributed by atoms with Gasteiger partial charge in [0, 0.05) is 12.2 Å². The minimum atomic E-state index is -3.56. The minimum Gasteiger partial charge on any atom is -0.383 e. The molecule has 0 aromatic carbocycles. The molecule has 0 spiro atoms. The third-order valence-corrected chi connectivity index (χ3v) is 4.32. The fourth-order valence-electron chi connectivity index (χ4n) is 1.72. The fourth-order valence-corrected chi connectivity index (χ4v) is 3.08. The van der Waals surface area contributed by atoms with Crippen molar-refractivity contribution >= 4 is 15.8 Å². The van der Waals surface area contributed by atoms with Crippen molar-refractivity contribution in [3.8, 4) is 0 Å². The normalized spacial score (nSPS) is 13.4. The Hall–Kier alpha value is -1.14. The second kappa shape index (κ2) is 6.70. The first-order valence-corrected chi connectivity index (χ1v) is 7.68. The highest BCUT2D eigenvalue weighted by Crippen LogP contribution is 2.15. The molecule has 0 aliphatic heterocycles. The summed E-state index contributed by atoms with van der Waals surface area (Å²) in [5, 5.41) is 0. The highest BCUT2D eigenvalue weighted by atomic mass is 32.2. The van der Waals surface area contributed by atoms with Crippen molar-refractivity contribution in [3.05, 3.63) is 18.3 Å². The molecule has 1 aromatic rings. The lowest BCUT2D eigenvalue weighted by molar-refractivity contribution is 0.527. The zero-order valence-corrected chi connectivity index (χ0v) is 11.7. The highest BCUT2D eigenvalue weighted by Gasteiger charge is 2.19. The van der Waals surface area contributed by atoms with E-state index >= 15 is 0 Å². The molecule has 0 aliphatic rings. The Morgan fingerprint density at radius 3 is 2.78 bits per heavy atom. The predicted molar refractivity (Wildman–Crippen MR) is 72.6 cm³/mol. The second-order valence-electron chi connectivity index (χ2n) is 4.40. The third-order valence-electron chi connectivity index (χ3n) is 2.69. The summed E-state index contributed by atoms with van der Waals surface area (Å²) in [6.07, 6.45) is 5.55. The summed E-state index contributed by atoms with van der Waals surface area (Å²) in [6.45, 7) is 3.98. The van der Waals surface area contributed by atoms with Crippen molar-refractivity contribution in [2.24, 2.45) is 0 Å². The summed E-state index contributed by atoms with van der Waals surface area (Å²) in [6, 6.07) is 2.93. The highest BCUT2D eigenvalue weighted by molar-refractivity contribution is 7.89. The van der Waals surface area contributed by atoms with Crippen LogP contribution in [0.3, 0.4) is 0 Å². The van der Waals surface area contributed by atoms with Gasteiger partial charge in [-0.1, -0.05) is 26.2 Å². The van der Waals surface area contributed by atoms with Gasteiger partial charge in [0.1, 0.15) is 10.7 Å². The van der Waals surface area contributed by atoms with Crippen LogP contribution < -0.4 is 10.5 Å². The van der Waals surface area contributed by atoms with E-state index in [1.807, 2.05) is 6.92 Å². The van der Waals surface area contributed by atoms with Gasteiger partial charge in [-0.15, -0.1) is 0 Å². The van der Waals surface area contributed by atoms with Gasteiger partial charge >= 0.3 is 0 Å². The number of rotatable bonds is 7. The van der Waals surface area contributed by atoms with E-state index in [1.54, 1.807) is 6.07 Å². The van der Waals surface area contributed by atoms with Crippen LogP contribution in [0.25, 0.3) is 0 Å². The molecule has 6 heteroatoms. The van der Waals surface area contributed by atoms with Crippen molar-refractivity contribution < 1.29 is 8.42 Å². The van der Waals surface area contributed by atoms with Gasteiger partial charge in [0.2, 0.25) is 10.0 Å². The summed E-state index contributed by atoms with van der Waals surface area (Å²) in [5.41, 5.74) is 5.57. The van der Waals surface area contributed by atoms with Crippen LogP contribution in [0.4, 0.5) is 5.82 Å². The number of nitrogens with two attached hydrogens (primary N) is 1. The first-order valence-electron chi connectivity index (χ1n) is 6.20. The van der Waals surface area contributed by atoms with E-state index in [9.17, 15) is 8.42 Å². The lowest BCUT2D eigenvalue weighted by Crippen LogP contribution is -2.33. The lowest BCUT2D eigenvalue weighted by Gasteiger charge is -2.14. The van der Waals surface area contributed by atoms with Crippen molar-refractivity contribution in [2.45, 2.75) is 50.5 Å². The Morgan fingerprint density at radius 2 is 2.17 bits per heavy atom. The van der Waals surface area contributed by atoms with E-state index in [1.165, 1.54) is 12.3 Å². The van der Waals surface area contributed by atoms with Crippen LogP contribution in [-0.4, -0.2) is 19.4 Å². The minimum absolute atomic E-state index is 0.0331. The average molecular weight is 271 g/mol. The molecule has 0 saturated carbocycles. The van der Waals surface area contributed by atoms with E-state index < -0.39 is 10.0 Å². The number of hydrogen-bond donors (Lipinski definition) is 2. The van der Waals surface area contributed by atoms with E-state index in [0.717, 1.165) is 25.7 Å². The van der Waals surface area contributed by atoms with Crippen LogP contribution >= 0.6 is 0 Å². The van der Waals surface area contributed by atoms with Crippen molar-refractivity contribution in [2.75, 3.05) is 5.73 Å².